The van der Waals surface area contributed by atoms with Crippen molar-refractivity contribution in [2.24, 2.45) is 0 Å². The van der Waals surface area contributed by atoms with Crippen molar-refractivity contribution >= 4 is 53.9 Å². The third-order valence-electron chi connectivity index (χ3n) is 10.2. The van der Waals surface area contributed by atoms with Crippen LogP contribution in [0, 0.1) is 0 Å². The van der Waals surface area contributed by atoms with Gasteiger partial charge in [0.1, 0.15) is 0 Å². The van der Waals surface area contributed by atoms with E-state index in [9.17, 15) is 0 Å². The highest BCUT2D eigenvalue weighted by atomic mass is 14.9. The zero-order chi connectivity index (χ0) is 33.0. The number of hydrogen-bond acceptors (Lipinski definition) is 2. The molecule has 0 bridgehead atoms. The maximum atomic E-state index is 4.65. The molecule has 10 aromatic rings. The molecule has 0 N–H and O–H groups in total. The fourth-order valence-corrected chi connectivity index (χ4v) is 7.88. The third kappa shape index (κ3) is 4.50. The smallest absolute Gasteiger partial charge is 0.160 e. The predicted molar refractivity (Wildman–Crippen MR) is 211 cm³/mol. The molecule has 1 heterocycles. The molecule has 0 spiro atoms. The SMILES string of the molecule is c1cnc(-c2c3ccccc3c(-c3ccc(-c4ccc(-c5ccc6c7ccccc7c7ccccc7c6c5)cc4)cc3)c3ccccc23)nc1. The van der Waals surface area contributed by atoms with Gasteiger partial charge in [-0.15, -0.1) is 0 Å². The molecule has 0 fully saturated rings. The van der Waals surface area contributed by atoms with Gasteiger partial charge in [0.05, 0.1) is 0 Å². The van der Waals surface area contributed by atoms with Crippen LogP contribution in [0.3, 0.4) is 0 Å². The summed E-state index contributed by atoms with van der Waals surface area (Å²) in [4.78, 5) is 9.29. The topological polar surface area (TPSA) is 25.8 Å². The van der Waals surface area contributed by atoms with Gasteiger partial charge in [-0.25, -0.2) is 9.97 Å². The van der Waals surface area contributed by atoms with Gasteiger partial charge in [-0.1, -0.05) is 158 Å². The predicted octanol–water partition coefficient (Wildman–Crippen LogP) is 12.9. The van der Waals surface area contributed by atoms with Crippen LogP contribution in [0.25, 0.3) is 98.6 Å². The third-order valence-corrected chi connectivity index (χ3v) is 10.2. The van der Waals surface area contributed by atoms with E-state index in [2.05, 4.69) is 174 Å². The molecule has 2 heteroatoms. The molecule has 232 valence electrons. The quantitative estimate of drug-likeness (QED) is 0.142. The van der Waals surface area contributed by atoms with Gasteiger partial charge in [0, 0.05) is 18.0 Å². The van der Waals surface area contributed by atoms with E-state index in [4.69, 9.17) is 0 Å². The summed E-state index contributed by atoms with van der Waals surface area (Å²) in [5.74, 6) is 0.746. The summed E-state index contributed by atoms with van der Waals surface area (Å²) in [5, 5.41) is 12.5. The van der Waals surface area contributed by atoms with Crippen molar-refractivity contribution in [1.82, 2.24) is 9.97 Å². The normalized spacial score (nSPS) is 11.6. The van der Waals surface area contributed by atoms with Gasteiger partial charge < -0.3 is 0 Å². The fourth-order valence-electron chi connectivity index (χ4n) is 7.88. The highest BCUT2D eigenvalue weighted by molar-refractivity contribution is 6.26. The molecule has 1 aromatic heterocycles. The Balaban J connectivity index is 1.03. The Bertz CT molecular complexity index is 2800. The van der Waals surface area contributed by atoms with E-state index in [1.54, 1.807) is 0 Å². The zero-order valence-corrected chi connectivity index (χ0v) is 27.2. The first-order valence-electron chi connectivity index (χ1n) is 17.1. The van der Waals surface area contributed by atoms with E-state index in [1.807, 2.05) is 18.5 Å². The minimum Gasteiger partial charge on any atom is -0.237 e. The lowest BCUT2D eigenvalue weighted by molar-refractivity contribution is 1.18. The van der Waals surface area contributed by atoms with Gasteiger partial charge in [-0.2, -0.15) is 0 Å². The Morgan fingerprint density at radius 3 is 1.06 bits per heavy atom. The molecule has 2 nitrogen and oxygen atoms in total. The Morgan fingerprint density at radius 2 is 0.580 bits per heavy atom. The minimum absolute atomic E-state index is 0.746. The van der Waals surface area contributed by atoms with Crippen molar-refractivity contribution in [1.29, 1.82) is 0 Å². The maximum absolute atomic E-state index is 4.65. The van der Waals surface area contributed by atoms with Crippen molar-refractivity contribution in [3.8, 4) is 44.8 Å². The molecule has 0 aliphatic carbocycles. The van der Waals surface area contributed by atoms with Crippen LogP contribution in [0.2, 0.25) is 0 Å². The minimum atomic E-state index is 0.746. The van der Waals surface area contributed by atoms with E-state index in [0.717, 1.165) is 22.2 Å². The number of nitrogens with zero attached hydrogens (tertiary/aromatic N) is 2. The molecule has 50 heavy (non-hydrogen) atoms. The Labute approximate surface area is 290 Å². The lowest BCUT2D eigenvalue weighted by Crippen LogP contribution is -1.93. The summed E-state index contributed by atoms with van der Waals surface area (Å²) >= 11 is 0. The zero-order valence-electron chi connectivity index (χ0n) is 27.2. The number of fused-ring (bicyclic) bond motifs is 8. The molecule has 0 saturated heterocycles. The van der Waals surface area contributed by atoms with Crippen LogP contribution in [0.4, 0.5) is 0 Å². The number of hydrogen-bond donors (Lipinski definition) is 0. The van der Waals surface area contributed by atoms with Gasteiger partial charge in [0.2, 0.25) is 0 Å². The van der Waals surface area contributed by atoms with Crippen LogP contribution in [0.1, 0.15) is 0 Å². The lowest BCUT2D eigenvalue weighted by atomic mass is 9.87. The molecule has 0 aliphatic rings. The molecule has 0 amide bonds. The summed E-state index contributed by atoms with van der Waals surface area (Å²) < 4.78 is 0. The summed E-state index contributed by atoms with van der Waals surface area (Å²) in [5.41, 5.74) is 8.32. The average Bonchev–Trinajstić information content (AvgIpc) is 3.20. The van der Waals surface area contributed by atoms with E-state index in [0.29, 0.717) is 0 Å². The highest BCUT2D eigenvalue weighted by Gasteiger charge is 2.18. The van der Waals surface area contributed by atoms with Crippen molar-refractivity contribution < 1.29 is 0 Å². The van der Waals surface area contributed by atoms with Crippen LogP contribution in [-0.4, -0.2) is 9.97 Å². The molecule has 10 rings (SSSR count). The second-order valence-corrected chi connectivity index (χ2v) is 12.9. The summed E-state index contributed by atoms with van der Waals surface area (Å²) in [6.45, 7) is 0. The Kier molecular flexibility index (Phi) is 6.53. The van der Waals surface area contributed by atoms with Gasteiger partial charge >= 0.3 is 0 Å². The van der Waals surface area contributed by atoms with Gasteiger partial charge in [0.25, 0.3) is 0 Å². The number of benzene rings is 9. The molecular weight excluding hydrogens is 605 g/mol. The molecule has 0 atom stereocenters. The first kappa shape index (κ1) is 28.4. The molecule has 9 aromatic carbocycles. The van der Waals surface area contributed by atoms with Gasteiger partial charge in [-0.05, 0) is 99.4 Å². The maximum Gasteiger partial charge on any atom is 0.160 e. The molecular formula is C48H30N2. The van der Waals surface area contributed by atoms with Crippen molar-refractivity contribution in [2.75, 3.05) is 0 Å². The summed E-state index contributed by atoms with van der Waals surface area (Å²) in [6, 6.07) is 61.5. The van der Waals surface area contributed by atoms with Crippen molar-refractivity contribution in [3.05, 3.63) is 182 Å². The Hall–Kier alpha value is -6.64. The molecule has 0 aliphatic heterocycles. The van der Waals surface area contributed by atoms with E-state index >= 15 is 0 Å². The van der Waals surface area contributed by atoms with E-state index in [-0.39, 0.29) is 0 Å². The standard InChI is InChI=1S/C48H30N2/c1-2-12-38-36(10-1)37-11-3-4-13-39(37)45-30-35(26-27-40(38)45)33-20-18-31(19-21-33)32-22-24-34(25-23-32)46-41-14-5-7-16-43(41)47(48-49-28-9-29-50-48)44-17-8-6-15-42(44)46/h1-30H. The fraction of sp³-hybridized carbons (Fsp3) is 0. The van der Waals surface area contributed by atoms with Gasteiger partial charge in [-0.3, -0.25) is 0 Å². The molecule has 0 saturated carbocycles. The van der Waals surface area contributed by atoms with E-state index < -0.39 is 0 Å². The van der Waals surface area contributed by atoms with Crippen LogP contribution in [0.15, 0.2) is 182 Å². The van der Waals surface area contributed by atoms with Crippen LogP contribution < -0.4 is 0 Å². The first-order chi connectivity index (χ1) is 24.8. The van der Waals surface area contributed by atoms with Gasteiger partial charge in [0.15, 0.2) is 5.82 Å². The van der Waals surface area contributed by atoms with Crippen molar-refractivity contribution in [2.45, 2.75) is 0 Å². The van der Waals surface area contributed by atoms with Crippen molar-refractivity contribution in [3.63, 3.8) is 0 Å². The Morgan fingerprint density at radius 1 is 0.240 bits per heavy atom. The average molecular weight is 635 g/mol. The van der Waals surface area contributed by atoms with Crippen LogP contribution in [0.5, 0.6) is 0 Å². The monoisotopic (exact) mass is 634 g/mol. The second-order valence-electron chi connectivity index (χ2n) is 12.9. The lowest BCUT2D eigenvalue weighted by Gasteiger charge is -2.17. The van der Waals surface area contributed by atoms with Crippen LogP contribution in [-0.2, 0) is 0 Å². The largest absolute Gasteiger partial charge is 0.237 e. The number of rotatable bonds is 4. The molecule has 0 radical (unpaired) electrons. The molecule has 0 unspecified atom stereocenters. The summed E-state index contributed by atoms with van der Waals surface area (Å²) in [7, 11) is 0. The second kappa shape index (κ2) is 11.5. The van der Waals surface area contributed by atoms with Crippen LogP contribution >= 0.6 is 0 Å². The first-order valence-corrected chi connectivity index (χ1v) is 17.1. The highest BCUT2D eigenvalue weighted by Crippen LogP contribution is 2.43. The van der Waals surface area contributed by atoms with E-state index in [1.165, 1.54) is 76.5 Å². The summed E-state index contributed by atoms with van der Waals surface area (Å²) in [6.07, 6.45) is 3.63. The number of aromatic nitrogens is 2.